The van der Waals surface area contributed by atoms with Crippen molar-refractivity contribution < 1.29 is 14.6 Å². The van der Waals surface area contributed by atoms with Crippen molar-refractivity contribution in [1.29, 1.82) is 0 Å². The molecule has 3 aromatic rings. The van der Waals surface area contributed by atoms with Crippen molar-refractivity contribution in [3.05, 3.63) is 65.2 Å². The predicted octanol–water partition coefficient (Wildman–Crippen LogP) is 6.23. The highest BCUT2D eigenvalue weighted by molar-refractivity contribution is 6.30. The van der Waals surface area contributed by atoms with Gasteiger partial charge in [0, 0.05) is 11.1 Å². The zero-order chi connectivity index (χ0) is 23.5. The molecule has 0 saturated carbocycles. The van der Waals surface area contributed by atoms with Crippen molar-refractivity contribution in [2.24, 2.45) is 16.6 Å². The number of aromatic hydroxyl groups is 1. The lowest BCUT2D eigenvalue weighted by atomic mass is 9.75. The molecule has 0 aliphatic rings. The number of anilines is 1. The van der Waals surface area contributed by atoms with Crippen molar-refractivity contribution in [1.82, 2.24) is 0 Å². The number of phenolic OH excluding ortho intramolecular Hbond substituents is 1. The lowest BCUT2D eigenvalue weighted by Gasteiger charge is -2.34. The van der Waals surface area contributed by atoms with Gasteiger partial charge in [-0.05, 0) is 58.8 Å². The molecule has 5 nitrogen and oxygen atoms in total. The van der Waals surface area contributed by atoms with Crippen LogP contribution in [-0.4, -0.2) is 24.2 Å². The van der Waals surface area contributed by atoms with Crippen LogP contribution in [0.1, 0.15) is 44.5 Å². The summed E-state index contributed by atoms with van der Waals surface area (Å²) in [5.74, 6) is -0.0310. The lowest BCUT2D eigenvalue weighted by Crippen LogP contribution is -2.33. The van der Waals surface area contributed by atoms with Gasteiger partial charge in [-0.1, -0.05) is 63.6 Å². The van der Waals surface area contributed by atoms with Gasteiger partial charge >= 0.3 is 0 Å². The summed E-state index contributed by atoms with van der Waals surface area (Å²) in [5, 5.41) is 15.5. The zero-order valence-corrected chi connectivity index (χ0v) is 19.8. The number of hydrogen-bond donors (Lipinski definition) is 3. The van der Waals surface area contributed by atoms with E-state index in [-0.39, 0.29) is 22.1 Å². The number of benzene rings is 3. The molecule has 0 atom stereocenters. The molecule has 6 heteroatoms. The summed E-state index contributed by atoms with van der Waals surface area (Å²) in [6.07, 6.45) is 0.879. The van der Waals surface area contributed by atoms with E-state index in [0.717, 1.165) is 17.2 Å². The number of fused-ring (bicyclic) bond motifs is 1. The fourth-order valence-corrected chi connectivity index (χ4v) is 4.17. The first-order valence-corrected chi connectivity index (χ1v) is 11.0. The van der Waals surface area contributed by atoms with E-state index in [1.807, 2.05) is 24.3 Å². The van der Waals surface area contributed by atoms with Gasteiger partial charge in [-0.15, -0.1) is 0 Å². The molecule has 4 N–H and O–H groups in total. The van der Waals surface area contributed by atoms with Gasteiger partial charge < -0.3 is 20.9 Å². The Morgan fingerprint density at radius 2 is 1.69 bits per heavy atom. The van der Waals surface area contributed by atoms with Gasteiger partial charge in [-0.25, -0.2) is 0 Å². The van der Waals surface area contributed by atoms with Crippen LogP contribution in [0.5, 0.6) is 11.5 Å². The van der Waals surface area contributed by atoms with Gasteiger partial charge in [0.15, 0.2) is 0 Å². The summed E-state index contributed by atoms with van der Waals surface area (Å²) in [6.45, 7) is 9.54. The zero-order valence-electron chi connectivity index (χ0n) is 19.0. The second kappa shape index (κ2) is 9.39. The molecule has 0 aromatic heterocycles. The third-order valence-electron chi connectivity index (χ3n) is 5.43. The SMILES string of the molecule is CC(C)(CN)CC(C)(C)COc1cc(Cl)ccc1NC(=O)c1cc2ccccc2cc1O. The third kappa shape index (κ3) is 5.93. The second-order valence-corrected chi connectivity index (χ2v) is 10.2. The van der Waals surface area contributed by atoms with E-state index in [1.165, 1.54) is 0 Å². The summed E-state index contributed by atoms with van der Waals surface area (Å²) in [4.78, 5) is 13.0. The number of hydrogen-bond acceptors (Lipinski definition) is 4. The Morgan fingerprint density at radius 1 is 1.03 bits per heavy atom. The molecule has 0 fully saturated rings. The molecule has 0 spiro atoms. The summed E-state index contributed by atoms with van der Waals surface area (Å²) in [6, 6.07) is 15.9. The Hall–Kier alpha value is -2.76. The predicted molar refractivity (Wildman–Crippen MR) is 132 cm³/mol. The number of ether oxygens (including phenoxy) is 1. The van der Waals surface area contributed by atoms with Crippen LogP contribution >= 0.6 is 11.6 Å². The van der Waals surface area contributed by atoms with Crippen LogP contribution in [0.15, 0.2) is 54.6 Å². The standard InChI is InChI=1S/C26H31ClN2O3/c1-25(2,15-28)14-26(3,4)16-32-23-13-19(27)9-10-21(23)29-24(31)20-11-17-7-5-6-8-18(17)12-22(20)30/h5-13,30H,14-16,28H2,1-4H3,(H,29,31). The van der Waals surface area contributed by atoms with Gasteiger partial charge in [0.25, 0.3) is 5.91 Å². The molecule has 32 heavy (non-hydrogen) atoms. The minimum Gasteiger partial charge on any atom is -0.507 e. The summed E-state index contributed by atoms with van der Waals surface area (Å²) >= 11 is 6.19. The average molecular weight is 455 g/mol. The number of halogens is 1. The van der Waals surface area contributed by atoms with Crippen molar-refractivity contribution in [2.75, 3.05) is 18.5 Å². The van der Waals surface area contributed by atoms with E-state index in [1.54, 1.807) is 30.3 Å². The van der Waals surface area contributed by atoms with E-state index in [2.05, 4.69) is 33.0 Å². The van der Waals surface area contributed by atoms with Crippen LogP contribution in [0.4, 0.5) is 5.69 Å². The molecular formula is C26H31ClN2O3. The fourth-order valence-electron chi connectivity index (χ4n) is 4.01. The largest absolute Gasteiger partial charge is 0.507 e. The maximum absolute atomic E-state index is 13.0. The van der Waals surface area contributed by atoms with E-state index in [9.17, 15) is 9.90 Å². The lowest BCUT2D eigenvalue weighted by molar-refractivity contribution is 0.102. The first kappa shape index (κ1) is 23.9. The Balaban J connectivity index is 1.81. The van der Waals surface area contributed by atoms with Crippen molar-refractivity contribution in [2.45, 2.75) is 34.1 Å². The molecule has 0 unspecified atom stereocenters. The highest BCUT2D eigenvalue weighted by atomic mass is 35.5. The van der Waals surface area contributed by atoms with Crippen molar-refractivity contribution in [3.8, 4) is 11.5 Å². The summed E-state index contributed by atoms with van der Waals surface area (Å²) in [7, 11) is 0. The van der Waals surface area contributed by atoms with Crippen LogP contribution in [0.3, 0.4) is 0 Å². The van der Waals surface area contributed by atoms with Gasteiger partial charge in [-0.2, -0.15) is 0 Å². The highest BCUT2D eigenvalue weighted by Crippen LogP contribution is 2.36. The van der Waals surface area contributed by atoms with Gasteiger partial charge in [0.1, 0.15) is 11.5 Å². The number of nitrogens with two attached hydrogens (primary N) is 1. The molecule has 0 radical (unpaired) electrons. The van der Waals surface area contributed by atoms with Gasteiger partial charge in [-0.3, -0.25) is 4.79 Å². The smallest absolute Gasteiger partial charge is 0.259 e. The van der Waals surface area contributed by atoms with Crippen LogP contribution < -0.4 is 15.8 Å². The molecule has 0 heterocycles. The minimum atomic E-state index is -0.427. The Kier molecular flexibility index (Phi) is 7.01. The number of nitrogens with one attached hydrogen (secondary N) is 1. The van der Waals surface area contributed by atoms with Crippen LogP contribution in [0.25, 0.3) is 10.8 Å². The van der Waals surface area contributed by atoms with E-state index >= 15 is 0 Å². The molecule has 3 rings (SSSR count). The third-order valence-corrected chi connectivity index (χ3v) is 5.66. The van der Waals surface area contributed by atoms with Crippen LogP contribution in [0.2, 0.25) is 5.02 Å². The van der Waals surface area contributed by atoms with Crippen LogP contribution in [-0.2, 0) is 0 Å². The molecule has 0 bridgehead atoms. The number of carbonyl (C=O) groups excluding carboxylic acids is 1. The number of phenols is 1. The molecule has 0 saturated heterocycles. The topological polar surface area (TPSA) is 84.6 Å². The van der Waals surface area contributed by atoms with E-state index in [4.69, 9.17) is 22.1 Å². The average Bonchev–Trinajstić information content (AvgIpc) is 2.72. The van der Waals surface area contributed by atoms with Gasteiger partial charge in [0.05, 0.1) is 17.9 Å². The molecule has 170 valence electrons. The Morgan fingerprint density at radius 3 is 2.34 bits per heavy atom. The maximum Gasteiger partial charge on any atom is 0.259 e. The first-order chi connectivity index (χ1) is 15.0. The normalized spacial score (nSPS) is 12.1. The molecule has 0 aliphatic carbocycles. The maximum atomic E-state index is 13.0. The molecule has 1 amide bonds. The summed E-state index contributed by atoms with van der Waals surface area (Å²) in [5.41, 5.74) is 6.43. The number of rotatable bonds is 8. The fraction of sp³-hybridized carbons (Fsp3) is 0.346. The van der Waals surface area contributed by atoms with Gasteiger partial charge in [0.2, 0.25) is 0 Å². The second-order valence-electron chi connectivity index (χ2n) is 9.81. The highest BCUT2D eigenvalue weighted by Gasteiger charge is 2.29. The molecule has 3 aromatic carbocycles. The number of amides is 1. The Labute approximate surface area is 194 Å². The Bertz CT molecular complexity index is 1130. The minimum absolute atomic E-state index is 0.00809. The first-order valence-electron chi connectivity index (χ1n) is 10.7. The monoisotopic (exact) mass is 454 g/mol. The molecule has 0 aliphatic heterocycles. The summed E-state index contributed by atoms with van der Waals surface area (Å²) < 4.78 is 6.11. The van der Waals surface area contributed by atoms with Crippen LogP contribution in [0, 0.1) is 10.8 Å². The van der Waals surface area contributed by atoms with E-state index in [0.29, 0.717) is 29.6 Å². The van der Waals surface area contributed by atoms with Crippen molar-refractivity contribution in [3.63, 3.8) is 0 Å². The number of carbonyl (C=O) groups is 1. The quantitative estimate of drug-likeness (QED) is 0.376. The molecular weight excluding hydrogens is 424 g/mol. The van der Waals surface area contributed by atoms with E-state index < -0.39 is 5.91 Å². The van der Waals surface area contributed by atoms with Crippen molar-refractivity contribution >= 4 is 34.0 Å².